The number of alkyl halides is 1. The first-order chi connectivity index (χ1) is 8.56. The Morgan fingerprint density at radius 3 is 2.67 bits per heavy atom. The zero-order valence-corrected chi connectivity index (χ0v) is 12.8. The van der Waals surface area contributed by atoms with Crippen molar-refractivity contribution in [2.75, 3.05) is 25.5 Å². The number of hydrogen-bond donors (Lipinski definition) is 1. The lowest BCUT2D eigenvalue weighted by molar-refractivity contribution is 0.278. The standard InChI is InChI=1S/C12H25ClN2O2S/c1-12-7-6-10-15(11-12)18(16,17)14-9-5-3-2-4-8-13/h12,14H,2-11H2,1H3. The second-order valence-corrected chi connectivity index (χ2v) is 7.24. The number of nitrogens with zero attached hydrogens (tertiary/aromatic N) is 1. The summed E-state index contributed by atoms with van der Waals surface area (Å²) >= 11 is 5.58. The summed E-state index contributed by atoms with van der Waals surface area (Å²) in [6.45, 7) is 3.96. The van der Waals surface area contributed by atoms with Crippen LogP contribution in [-0.4, -0.2) is 38.2 Å². The van der Waals surface area contributed by atoms with Gasteiger partial charge < -0.3 is 0 Å². The number of rotatable bonds is 8. The minimum atomic E-state index is -3.25. The summed E-state index contributed by atoms with van der Waals surface area (Å²) in [4.78, 5) is 0. The van der Waals surface area contributed by atoms with Gasteiger partial charge in [0, 0.05) is 25.5 Å². The molecule has 1 N–H and O–H groups in total. The van der Waals surface area contributed by atoms with Crippen molar-refractivity contribution in [2.24, 2.45) is 5.92 Å². The maximum Gasteiger partial charge on any atom is 0.279 e. The van der Waals surface area contributed by atoms with Crippen LogP contribution in [0.3, 0.4) is 0 Å². The van der Waals surface area contributed by atoms with Crippen molar-refractivity contribution in [1.82, 2.24) is 9.03 Å². The molecule has 0 aromatic carbocycles. The average Bonchev–Trinajstić information content (AvgIpc) is 2.33. The molecular formula is C12H25ClN2O2S. The molecule has 0 spiro atoms. The molecule has 108 valence electrons. The van der Waals surface area contributed by atoms with Crippen molar-refractivity contribution >= 4 is 21.8 Å². The van der Waals surface area contributed by atoms with Crippen LogP contribution in [0.15, 0.2) is 0 Å². The van der Waals surface area contributed by atoms with Crippen LogP contribution >= 0.6 is 11.6 Å². The molecule has 6 heteroatoms. The van der Waals surface area contributed by atoms with Crippen molar-refractivity contribution in [1.29, 1.82) is 0 Å². The van der Waals surface area contributed by atoms with E-state index < -0.39 is 10.2 Å². The summed E-state index contributed by atoms with van der Waals surface area (Å²) < 4.78 is 28.3. The molecule has 4 nitrogen and oxygen atoms in total. The third-order valence-electron chi connectivity index (χ3n) is 3.30. The van der Waals surface area contributed by atoms with Gasteiger partial charge in [-0.05, 0) is 31.6 Å². The van der Waals surface area contributed by atoms with Gasteiger partial charge in [0.2, 0.25) is 0 Å². The summed E-state index contributed by atoms with van der Waals surface area (Å²) in [6.07, 6.45) is 6.11. The fourth-order valence-corrected chi connectivity index (χ4v) is 3.82. The lowest BCUT2D eigenvalue weighted by atomic mass is 10.0. The molecule has 0 amide bonds. The van der Waals surface area contributed by atoms with Gasteiger partial charge in [-0.1, -0.05) is 19.8 Å². The highest BCUT2D eigenvalue weighted by Crippen LogP contribution is 2.17. The van der Waals surface area contributed by atoms with Gasteiger partial charge in [0.05, 0.1) is 0 Å². The highest BCUT2D eigenvalue weighted by atomic mass is 35.5. The maximum atomic E-state index is 12.0. The normalized spacial score (nSPS) is 22.2. The smallest absolute Gasteiger partial charge is 0.202 e. The van der Waals surface area contributed by atoms with Crippen molar-refractivity contribution in [2.45, 2.75) is 45.4 Å². The Morgan fingerprint density at radius 2 is 2.00 bits per heavy atom. The minimum Gasteiger partial charge on any atom is -0.202 e. The van der Waals surface area contributed by atoms with Crippen LogP contribution in [0.1, 0.15) is 45.4 Å². The fourth-order valence-electron chi connectivity index (χ4n) is 2.23. The Kier molecular flexibility index (Phi) is 7.53. The zero-order chi connectivity index (χ0) is 13.4. The summed E-state index contributed by atoms with van der Waals surface area (Å²) in [5, 5.41) is 0. The van der Waals surface area contributed by atoms with E-state index in [1.54, 1.807) is 4.31 Å². The molecule has 1 rings (SSSR count). The van der Waals surface area contributed by atoms with Crippen LogP contribution in [0.25, 0.3) is 0 Å². The topological polar surface area (TPSA) is 49.4 Å². The zero-order valence-electron chi connectivity index (χ0n) is 11.2. The molecule has 0 aromatic heterocycles. The molecule has 0 saturated carbocycles. The second-order valence-electron chi connectivity index (χ2n) is 5.11. The Morgan fingerprint density at radius 1 is 1.28 bits per heavy atom. The van der Waals surface area contributed by atoms with E-state index in [0.29, 0.717) is 31.4 Å². The highest BCUT2D eigenvalue weighted by molar-refractivity contribution is 7.87. The van der Waals surface area contributed by atoms with Gasteiger partial charge in [-0.25, -0.2) is 4.72 Å². The van der Waals surface area contributed by atoms with E-state index in [-0.39, 0.29) is 0 Å². The molecule has 1 aliphatic heterocycles. The van der Waals surface area contributed by atoms with E-state index in [0.717, 1.165) is 38.5 Å². The van der Waals surface area contributed by atoms with Gasteiger partial charge in [-0.2, -0.15) is 12.7 Å². The van der Waals surface area contributed by atoms with E-state index in [2.05, 4.69) is 11.6 Å². The van der Waals surface area contributed by atoms with Crippen molar-refractivity contribution in [3.8, 4) is 0 Å². The predicted octanol–water partition coefficient (Wildman–Crippen LogP) is 2.35. The maximum absolute atomic E-state index is 12.0. The summed E-state index contributed by atoms with van der Waals surface area (Å²) in [5.74, 6) is 1.16. The third kappa shape index (κ3) is 5.87. The van der Waals surface area contributed by atoms with Gasteiger partial charge in [0.25, 0.3) is 10.2 Å². The van der Waals surface area contributed by atoms with Crippen LogP contribution in [0.4, 0.5) is 0 Å². The van der Waals surface area contributed by atoms with Crippen LogP contribution in [-0.2, 0) is 10.2 Å². The number of unbranched alkanes of at least 4 members (excludes halogenated alkanes) is 3. The molecule has 1 heterocycles. The first kappa shape index (κ1) is 16.2. The molecule has 0 bridgehead atoms. The van der Waals surface area contributed by atoms with Crippen LogP contribution in [0, 0.1) is 5.92 Å². The number of halogens is 1. The Labute approximate surface area is 116 Å². The molecule has 0 aromatic rings. The minimum absolute atomic E-state index is 0.471. The van der Waals surface area contributed by atoms with Gasteiger partial charge in [-0.3, -0.25) is 0 Å². The Bertz CT molecular complexity index is 322. The van der Waals surface area contributed by atoms with E-state index in [4.69, 9.17) is 11.6 Å². The molecule has 1 aliphatic rings. The summed E-state index contributed by atoms with van der Waals surface area (Å²) in [7, 11) is -3.25. The van der Waals surface area contributed by atoms with Crippen molar-refractivity contribution < 1.29 is 8.42 Å². The molecule has 0 aliphatic carbocycles. The Hall–Kier alpha value is 0.160. The average molecular weight is 297 g/mol. The van der Waals surface area contributed by atoms with Crippen LogP contribution < -0.4 is 4.72 Å². The van der Waals surface area contributed by atoms with E-state index in [1.165, 1.54) is 0 Å². The quantitative estimate of drug-likeness (QED) is 0.552. The third-order valence-corrected chi connectivity index (χ3v) is 5.15. The molecule has 0 radical (unpaired) electrons. The molecule has 1 unspecified atom stereocenters. The van der Waals surface area contributed by atoms with Crippen molar-refractivity contribution in [3.63, 3.8) is 0 Å². The van der Waals surface area contributed by atoms with Gasteiger partial charge >= 0.3 is 0 Å². The SMILES string of the molecule is CC1CCCN(S(=O)(=O)NCCCCCCCl)C1. The van der Waals surface area contributed by atoms with Crippen LogP contribution in [0.5, 0.6) is 0 Å². The largest absolute Gasteiger partial charge is 0.279 e. The van der Waals surface area contributed by atoms with Gasteiger partial charge in [-0.15, -0.1) is 11.6 Å². The van der Waals surface area contributed by atoms with E-state index >= 15 is 0 Å². The second kappa shape index (κ2) is 8.35. The first-order valence-corrected chi connectivity index (χ1v) is 8.84. The lowest BCUT2D eigenvalue weighted by Gasteiger charge is -2.29. The van der Waals surface area contributed by atoms with E-state index in [1.807, 2.05) is 0 Å². The molecule has 18 heavy (non-hydrogen) atoms. The number of nitrogens with one attached hydrogen (secondary N) is 1. The fraction of sp³-hybridized carbons (Fsp3) is 1.00. The lowest BCUT2D eigenvalue weighted by Crippen LogP contribution is -2.45. The van der Waals surface area contributed by atoms with Crippen molar-refractivity contribution in [3.05, 3.63) is 0 Å². The molecule has 1 fully saturated rings. The molecular weight excluding hydrogens is 272 g/mol. The predicted molar refractivity (Wildman–Crippen MR) is 76.1 cm³/mol. The van der Waals surface area contributed by atoms with E-state index in [9.17, 15) is 8.42 Å². The summed E-state index contributed by atoms with van der Waals surface area (Å²) in [6, 6.07) is 0. The number of piperidine rings is 1. The monoisotopic (exact) mass is 296 g/mol. The number of hydrogen-bond acceptors (Lipinski definition) is 2. The summed E-state index contributed by atoms with van der Waals surface area (Å²) in [5.41, 5.74) is 0. The van der Waals surface area contributed by atoms with Gasteiger partial charge in [0.15, 0.2) is 0 Å². The van der Waals surface area contributed by atoms with Gasteiger partial charge in [0.1, 0.15) is 0 Å². The highest BCUT2D eigenvalue weighted by Gasteiger charge is 2.26. The first-order valence-electron chi connectivity index (χ1n) is 6.87. The molecule has 1 saturated heterocycles. The Balaban J connectivity index is 2.22. The van der Waals surface area contributed by atoms with Crippen LogP contribution in [0.2, 0.25) is 0 Å². The molecule has 1 atom stereocenters.